The van der Waals surface area contributed by atoms with Crippen LogP contribution in [0.2, 0.25) is 0 Å². The summed E-state index contributed by atoms with van der Waals surface area (Å²) in [5, 5.41) is 0. The zero-order valence-electron chi connectivity index (χ0n) is 16.2. The summed E-state index contributed by atoms with van der Waals surface area (Å²) in [6, 6.07) is 0.741. The van der Waals surface area contributed by atoms with Gasteiger partial charge in [0.2, 0.25) is 0 Å². The summed E-state index contributed by atoms with van der Waals surface area (Å²) in [4.78, 5) is 0. The molecule has 0 aliphatic heterocycles. The minimum atomic E-state index is -2.90. The third-order valence-electron chi connectivity index (χ3n) is 3.15. The Morgan fingerprint density at radius 1 is 1.00 bits per heavy atom. The van der Waals surface area contributed by atoms with Crippen molar-refractivity contribution in [2.45, 2.75) is 53.1 Å². The Bertz CT molecular complexity index is 345. The summed E-state index contributed by atoms with van der Waals surface area (Å²) in [5.74, 6) is 1.54. The Kier molecular flexibility index (Phi) is 14.4. The maximum Gasteiger partial charge on any atom is 0.330 e. The maximum absolute atomic E-state index is 11.9. The average molecular weight is 403 g/mol. The molecule has 0 aliphatic carbocycles. The molecule has 0 fully saturated rings. The molecule has 0 aromatic carbocycles. The average Bonchev–Trinajstić information content (AvgIpc) is 2.54. The van der Waals surface area contributed by atoms with E-state index in [0.717, 1.165) is 12.2 Å². The zero-order valence-corrected chi connectivity index (χ0v) is 18.8. The van der Waals surface area contributed by atoms with Gasteiger partial charge in [-0.2, -0.15) is 11.8 Å². The van der Waals surface area contributed by atoms with Crippen LogP contribution in [0, 0.1) is 0 Å². The third kappa shape index (κ3) is 10.1. The van der Waals surface area contributed by atoms with Crippen molar-refractivity contribution in [3.63, 3.8) is 0 Å². The molecule has 0 bridgehead atoms. The van der Waals surface area contributed by atoms with Crippen LogP contribution in [0.25, 0.3) is 0 Å². The highest BCUT2D eigenvalue weighted by Crippen LogP contribution is 2.47. The van der Waals surface area contributed by atoms with E-state index >= 15 is 0 Å². The smallest absolute Gasteiger partial charge is 0.322 e. The first-order valence-corrected chi connectivity index (χ1v) is 12.4. The van der Waals surface area contributed by atoms with Crippen molar-refractivity contribution in [1.29, 1.82) is 0 Å². The second kappa shape index (κ2) is 13.9. The molecule has 0 N–H and O–H groups in total. The number of hydrogen-bond donors (Lipinski definition) is 0. The van der Waals surface area contributed by atoms with Gasteiger partial charge in [0.15, 0.2) is 0 Å². The van der Waals surface area contributed by atoms with Crippen LogP contribution in [0.5, 0.6) is 0 Å². The van der Waals surface area contributed by atoms with E-state index < -0.39 is 16.1 Å². The van der Waals surface area contributed by atoms with Gasteiger partial charge in [-0.3, -0.25) is 4.57 Å². The van der Waals surface area contributed by atoms with Crippen LogP contribution < -0.4 is 0 Å². The molecule has 0 rings (SSSR count). The minimum absolute atomic E-state index is 0.370. The first kappa shape index (κ1) is 24.8. The van der Waals surface area contributed by atoms with Gasteiger partial charge < -0.3 is 18.1 Å². The molecule has 1 atom stereocenters. The van der Waals surface area contributed by atoms with Crippen LogP contribution in [0.4, 0.5) is 0 Å². The Morgan fingerprint density at radius 3 is 2.00 bits per heavy atom. The highest BCUT2D eigenvalue weighted by Gasteiger charge is 2.27. The van der Waals surface area contributed by atoms with Gasteiger partial charge in [0.25, 0.3) is 8.53 Å². The molecule has 24 heavy (non-hydrogen) atoms. The highest BCUT2D eigenvalue weighted by molar-refractivity contribution is 7.99. The lowest BCUT2D eigenvalue weighted by atomic mass is 10.3. The predicted octanol–water partition coefficient (Wildman–Crippen LogP) is 4.99. The van der Waals surface area contributed by atoms with Gasteiger partial charge in [-0.1, -0.05) is 6.92 Å². The van der Waals surface area contributed by atoms with Crippen molar-refractivity contribution in [2.24, 2.45) is 0 Å². The number of hydrogen-bond acceptors (Lipinski definition) is 7. The predicted molar refractivity (Wildman–Crippen MR) is 105 cm³/mol. The first-order chi connectivity index (χ1) is 11.3. The van der Waals surface area contributed by atoms with Crippen LogP contribution in [0.3, 0.4) is 0 Å². The Labute approximate surface area is 153 Å². The van der Waals surface area contributed by atoms with E-state index in [-0.39, 0.29) is 0 Å². The van der Waals surface area contributed by atoms with Gasteiger partial charge in [0.1, 0.15) is 0 Å². The molecule has 0 heterocycles. The summed E-state index contributed by atoms with van der Waals surface area (Å²) in [6.07, 6.45) is 1.39. The third-order valence-corrected chi connectivity index (χ3v) is 8.39. The van der Waals surface area contributed by atoms with Gasteiger partial charge in [-0.15, -0.1) is 0 Å². The summed E-state index contributed by atoms with van der Waals surface area (Å²) in [5.41, 5.74) is 0. The molecule has 0 spiro atoms. The van der Waals surface area contributed by atoms with E-state index in [1.165, 1.54) is 14.2 Å². The van der Waals surface area contributed by atoms with E-state index in [9.17, 15) is 4.57 Å². The normalized spacial score (nSPS) is 14.1. The second-order valence-corrected chi connectivity index (χ2v) is 10.9. The first-order valence-electron chi connectivity index (χ1n) is 8.43. The largest absolute Gasteiger partial charge is 0.330 e. The van der Waals surface area contributed by atoms with Gasteiger partial charge in [-0.25, -0.2) is 4.67 Å². The lowest BCUT2D eigenvalue weighted by Crippen LogP contribution is -2.33. The van der Waals surface area contributed by atoms with Crippen molar-refractivity contribution in [1.82, 2.24) is 4.67 Å². The molecule has 146 valence electrons. The number of nitrogens with zero attached hydrogens (tertiary/aromatic N) is 1. The van der Waals surface area contributed by atoms with Crippen LogP contribution in [-0.4, -0.2) is 61.9 Å². The van der Waals surface area contributed by atoms with Crippen LogP contribution >= 0.6 is 27.9 Å². The summed E-state index contributed by atoms with van der Waals surface area (Å²) in [7, 11) is -1.10. The molecular weight excluding hydrogens is 368 g/mol. The fourth-order valence-corrected chi connectivity index (χ4v) is 6.16. The van der Waals surface area contributed by atoms with Gasteiger partial charge in [-0.05, 0) is 34.1 Å². The van der Waals surface area contributed by atoms with Gasteiger partial charge in [0, 0.05) is 37.8 Å². The monoisotopic (exact) mass is 403 g/mol. The molecule has 6 nitrogen and oxygen atoms in total. The minimum Gasteiger partial charge on any atom is -0.322 e. The fourth-order valence-electron chi connectivity index (χ4n) is 2.02. The van der Waals surface area contributed by atoms with Crippen molar-refractivity contribution in [2.75, 3.05) is 45.1 Å². The summed E-state index contributed by atoms with van der Waals surface area (Å²) >= 11 is 1.68. The van der Waals surface area contributed by atoms with Crippen molar-refractivity contribution in [3.05, 3.63) is 0 Å². The molecule has 9 heteroatoms. The molecule has 0 saturated heterocycles. The van der Waals surface area contributed by atoms with Crippen LogP contribution in [0.1, 0.15) is 41.0 Å². The Hall–Kier alpha value is 0.810. The summed E-state index contributed by atoms with van der Waals surface area (Å²) in [6.45, 7) is 12.1. The van der Waals surface area contributed by atoms with Gasteiger partial charge >= 0.3 is 7.60 Å². The second-order valence-electron chi connectivity index (χ2n) is 5.78. The van der Waals surface area contributed by atoms with Crippen LogP contribution in [-0.2, 0) is 22.7 Å². The zero-order chi connectivity index (χ0) is 18.6. The van der Waals surface area contributed by atoms with Crippen molar-refractivity contribution in [3.8, 4) is 0 Å². The lowest BCUT2D eigenvalue weighted by molar-refractivity contribution is 0.180. The standard InChI is InChI=1S/C15H35NO5P2S/c1-8-9-20-22(16(14(2)3)15(4)5)21-10-12-24-13-11-23(17,18-6)19-7/h14-15H,8-13H2,1-7H3. The van der Waals surface area contributed by atoms with E-state index in [0.29, 0.717) is 37.2 Å². The van der Waals surface area contributed by atoms with Crippen molar-refractivity contribution < 1.29 is 22.7 Å². The van der Waals surface area contributed by atoms with Crippen LogP contribution in [0.15, 0.2) is 0 Å². The van der Waals surface area contributed by atoms with Gasteiger partial charge in [0.05, 0.1) is 19.4 Å². The Morgan fingerprint density at radius 2 is 1.54 bits per heavy atom. The molecule has 0 saturated carbocycles. The molecule has 1 unspecified atom stereocenters. The fraction of sp³-hybridized carbons (Fsp3) is 1.00. The molecule has 0 aliphatic rings. The Balaban J connectivity index is 4.26. The summed E-state index contributed by atoms with van der Waals surface area (Å²) < 4.78 is 36.1. The molecule has 0 aromatic heterocycles. The maximum atomic E-state index is 11.9. The number of thioether (sulfide) groups is 1. The SMILES string of the molecule is CCCOP(OCCSCCP(=O)(OC)OC)N(C(C)C)C(C)C. The van der Waals surface area contributed by atoms with E-state index in [4.69, 9.17) is 18.1 Å². The van der Waals surface area contributed by atoms with E-state index in [1.807, 2.05) is 0 Å². The number of rotatable bonds is 15. The molecular formula is C15H35NO5P2S. The van der Waals surface area contributed by atoms with Crippen molar-refractivity contribution >= 4 is 27.9 Å². The van der Waals surface area contributed by atoms with E-state index in [1.54, 1.807) is 11.8 Å². The van der Waals surface area contributed by atoms with E-state index in [2.05, 4.69) is 39.3 Å². The topological polar surface area (TPSA) is 57.2 Å². The molecule has 0 amide bonds. The molecule has 0 radical (unpaired) electrons. The highest BCUT2D eigenvalue weighted by atomic mass is 32.2. The quantitative estimate of drug-likeness (QED) is 0.282. The molecule has 0 aromatic rings. The lowest BCUT2D eigenvalue weighted by Gasteiger charge is -2.35.